The van der Waals surface area contributed by atoms with Gasteiger partial charge in [0.1, 0.15) is 6.04 Å². The van der Waals surface area contributed by atoms with Crippen LogP contribution in [-0.4, -0.2) is 38.6 Å². The van der Waals surface area contributed by atoms with E-state index in [2.05, 4.69) is 31.2 Å². The molecule has 0 saturated carbocycles. The molecule has 140 valence electrons. The van der Waals surface area contributed by atoms with E-state index in [4.69, 9.17) is 0 Å². The second kappa shape index (κ2) is 7.40. The average Bonchev–Trinajstić information content (AvgIpc) is 3.29. The largest absolute Gasteiger partial charge is 0.348 e. The molecule has 0 saturated heterocycles. The van der Waals surface area contributed by atoms with Crippen molar-refractivity contribution in [3.63, 3.8) is 0 Å². The number of fused-ring (bicyclic) bond motifs is 1. The van der Waals surface area contributed by atoms with Crippen LogP contribution in [0.4, 0.5) is 5.69 Å². The van der Waals surface area contributed by atoms with Gasteiger partial charge in [-0.1, -0.05) is 28.1 Å². The Bertz CT molecular complexity index is 1010. The van der Waals surface area contributed by atoms with Gasteiger partial charge in [0.05, 0.1) is 17.5 Å². The Morgan fingerprint density at radius 2 is 1.71 bits per heavy atom. The highest BCUT2D eigenvalue weighted by molar-refractivity contribution is 9.10. The number of halogens is 1. The van der Waals surface area contributed by atoms with Gasteiger partial charge in [-0.15, -0.1) is 0 Å². The zero-order chi connectivity index (χ0) is 19.7. The first-order valence-corrected chi connectivity index (χ1v) is 9.34. The summed E-state index contributed by atoms with van der Waals surface area (Å²) in [6.45, 7) is 0. The number of benzene rings is 2. The number of aromatic amines is 1. The van der Waals surface area contributed by atoms with Gasteiger partial charge in [-0.2, -0.15) is 0 Å². The van der Waals surface area contributed by atoms with Gasteiger partial charge in [0.2, 0.25) is 5.91 Å². The van der Waals surface area contributed by atoms with Gasteiger partial charge < -0.3 is 10.3 Å². The van der Waals surface area contributed by atoms with Crippen molar-refractivity contribution in [1.29, 1.82) is 0 Å². The number of imide groups is 1. The summed E-state index contributed by atoms with van der Waals surface area (Å²) in [4.78, 5) is 46.7. The van der Waals surface area contributed by atoms with E-state index in [0.717, 1.165) is 9.37 Å². The van der Waals surface area contributed by atoms with Crippen LogP contribution in [0.1, 0.15) is 26.4 Å². The molecule has 0 bridgehead atoms. The summed E-state index contributed by atoms with van der Waals surface area (Å²) >= 11 is 3.35. The molecule has 8 heteroatoms. The van der Waals surface area contributed by atoms with E-state index >= 15 is 0 Å². The van der Waals surface area contributed by atoms with Crippen LogP contribution in [0.2, 0.25) is 0 Å². The highest BCUT2D eigenvalue weighted by atomic mass is 79.9. The fraction of sp³-hybridized carbons (Fsp3) is 0.100. The third-order valence-electron chi connectivity index (χ3n) is 4.52. The molecular weight excluding hydrogens is 424 g/mol. The predicted molar refractivity (Wildman–Crippen MR) is 106 cm³/mol. The Morgan fingerprint density at radius 1 is 1.07 bits per heavy atom. The van der Waals surface area contributed by atoms with Gasteiger partial charge in [-0.3, -0.25) is 19.3 Å². The molecule has 1 atom stereocenters. The first kappa shape index (κ1) is 18.1. The lowest BCUT2D eigenvalue weighted by Gasteiger charge is -2.25. The van der Waals surface area contributed by atoms with Gasteiger partial charge in [-0.05, 0) is 36.4 Å². The Kier molecular flexibility index (Phi) is 4.79. The van der Waals surface area contributed by atoms with E-state index < -0.39 is 23.8 Å². The fourth-order valence-corrected chi connectivity index (χ4v) is 3.42. The summed E-state index contributed by atoms with van der Waals surface area (Å²) in [6.07, 6.45) is 3.19. The molecule has 2 aromatic carbocycles. The quantitative estimate of drug-likeness (QED) is 0.598. The molecule has 1 unspecified atom stereocenters. The number of nitrogens with one attached hydrogen (secondary N) is 2. The zero-order valence-electron chi connectivity index (χ0n) is 14.6. The number of nitrogens with zero attached hydrogens (tertiary/aromatic N) is 2. The topological polar surface area (TPSA) is 95.2 Å². The van der Waals surface area contributed by atoms with Crippen LogP contribution in [0.5, 0.6) is 0 Å². The van der Waals surface area contributed by atoms with Crippen LogP contribution in [0.25, 0.3) is 0 Å². The van der Waals surface area contributed by atoms with Crippen LogP contribution in [0.3, 0.4) is 0 Å². The Balaban J connectivity index is 1.66. The van der Waals surface area contributed by atoms with Crippen LogP contribution < -0.4 is 5.32 Å². The molecule has 1 aliphatic rings. The van der Waals surface area contributed by atoms with Crippen molar-refractivity contribution < 1.29 is 14.4 Å². The lowest BCUT2D eigenvalue weighted by Crippen LogP contribution is -2.48. The van der Waals surface area contributed by atoms with Crippen LogP contribution in [0, 0.1) is 0 Å². The monoisotopic (exact) mass is 438 g/mol. The third kappa shape index (κ3) is 3.34. The molecule has 2 N–H and O–H groups in total. The number of anilines is 1. The molecular formula is C20H15BrN4O3. The predicted octanol–water partition coefficient (Wildman–Crippen LogP) is 3.02. The van der Waals surface area contributed by atoms with Gasteiger partial charge >= 0.3 is 0 Å². The van der Waals surface area contributed by atoms with E-state index in [1.54, 1.807) is 54.7 Å². The molecule has 3 aromatic rings. The lowest BCUT2D eigenvalue weighted by atomic mass is 10.1. The number of carbonyl (C=O) groups excluding carboxylic acids is 3. The standard InChI is InChI=1S/C20H15BrN4O3/c21-12-5-7-13(8-6-12)24-18(26)17(9-14-10-22-11-23-14)25-19(27)15-3-1-2-4-16(15)20(25)28/h1-8,10-11,17H,9H2,(H,22,23)(H,24,26). The Morgan fingerprint density at radius 3 is 2.29 bits per heavy atom. The molecule has 0 spiro atoms. The molecule has 2 heterocycles. The molecule has 4 rings (SSSR count). The van der Waals surface area contributed by atoms with E-state index in [-0.39, 0.29) is 6.42 Å². The molecule has 3 amide bonds. The van der Waals surface area contributed by atoms with Crippen molar-refractivity contribution in [3.05, 3.63) is 82.3 Å². The van der Waals surface area contributed by atoms with Crippen LogP contribution in [-0.2, 0) is 11.2 Å². The molecule has 0 fully saturated rings. The van der Waals surface area contributed by atoms with Crippen LogP contribution in [0.15, 0.2) is 65.5 Å². The second-order valence-corrected chi connectivity index (χ2v) is 7.23. The number of hydrogen-bond acceptors (Lipinski definition) is 4. The van der Waals surface area contributed by atoms with Gasteiger partial charge in [0, 0.05) is 28.5 Å². The summed E-state index contributed by atoms with van der Waals surface area (Å²) < 4.78 is 0.875. The SMILES string of the molecule is O=C(Nc1ccc(Br)cc1)C(Cc1cnc[nH]1)N1C(=O)c2ccccc2C1=O. The van der Waals surface area contributed by atoms with Crippen molar-refractivity contribution in [3.8, 4) is 0 Å². The van der Waals surface area contributed by atoms with Crippen molar-refractivity contribution >= 4 is 39.3 Å². The van der Waals surface area contributed by atoms with Crippen molar-refractivity contribution in [2.45, 2.75) is 12.5 Å². The van der Waals surface area contributed by atoms with Gasteiger partial charge in [-0.25, -0.2) is 4.98 Å². The highest BCUT2D eigenvalue weighted by Gasteiger charge is 2.42. The van der Waals surface area contributed by atoms with E-state index in [1.807, 2.05) is 0 Å². The molecule has 0 aliphatic carbocycles. The maximum atomic E-state index is 13.0. The number of amides is 3. The van der Waals surface area contributed by atoms with E-state index in [9.17, 15) is 14.4 Å². The second-order valence-electron chi connectivity index (χ2n) is 6.32. The van der Waals surface area contributed by atoms with Crippen molar-refractivity contribution in [2.24, 2.45) is 0 Å². The first-order valence-electron chi connectivity index (χ1n) is 8.55. The number of hydrogen-bond donors (Lipinski definition) is 2. The van der Waals surface area contributed by atoms with Crippen molar-refractivity contribution in [2.75, 3.05) is 5.32 Å². The Hall–Kier alpha value is -3.26. The Labute approximate surface area is 168 Å². The molecule has 1 aromatic heterocycles. The molecule has 28 heavy (non-hydrogen) atoms. The number of rotatable bonds is 5. The van der Waals surface area contributed by atoms with E-state index in [1.165, 1.54) is 6.33 Å². The van der Waals surface area contributed by atoms with Gasteiger partial charge in [0.25, 0.3) is 11.8 Å². The van der Waals surface area contributed by atoms with Crippen molar-refractivity contribution in [1.82, 2.24) is 14.9 Å². The lowest BCUT2D eigenvalue weighted by molar-refractivity contribution is -0.119. The van der Waals surface area contributed by atoms with Gasteiger partial charge in [0.15, 0.2) is 0 Å². The first-order chi connectivity index (χ1) is 13.5. The maximum Gasteiger partial charge on any atom is 0.262 e. The smallest absolute Gasteiger partial charge is 0.262 e. The highest BCUT2D eigenvalue weighted by Crippen LogP contribution is 2.26. The average molecular weight is 439 g/mol. The summed E-state index contributed by atoms with van der Waals surface area (Å²) in [5.74, 6) is -1.40. The minimum atomic E-state index is -1.02. The van der Waals surface area contributed by atoms with E-state index in [0.29, 0.717) is 22.5 Å². The normalized spacial score (nSPS) is 14.1. The summed E-state index contributed by atoms with van der Waals surface area (Å²) in [5, 5.41) is 2.79. The minimum Gasteiger partial charge on any atom is -0.348 e. The molecule has 1 aliphatic heterocycles. The molecule has 0 radical (unpaired) electrons. The summed E-state index contributed by atoms with van der Waals surface area (Å²) in [6, 6.07) is 12.6. The zero-order valence-corrected chi connectivity index (χ0v) is 16.1. The number of aromatic nitrogens is 2. The summed E-state index contributed by atoms with van der Waals surface area (Å²) in [7, 11) is 0. The minimum absolute atomic E-state index is 0.133. The fourth-order valence-electron chi connectivity index (χ4n) is 3.16. The summed E-state index contributed by atoms with van der Waals surface area (Å²) in [5.41, 5.74) is 1.82. The molecule has 7 nitrogen and oxygen atoms in total. The third-order valence-corrected chi connectivity index (χ3v) is 5.05. The number of H-pyrrole nitrogens is 1. The van der Waals surface area contributed by atoms with Crippen LogP contribution >= 0.6 is 15.9 Å². The number of carbonyl (C=O) groups is 3. The maximum absolute atomic E-state index is 13.0. The number of imidazole rings is 1.